The zero-order chi connectivity index (χ0) is 23.5. The number of aliphatic carboxylic acids is 1. The Labute approximate surface area is 190 Å². The van der Waals surface area contributed by atoms with Crippen molar-refractivity contribution in [2.45, 2.75) is 25.3 Å². The molecule has 1 aromatic heterocycles. The summed E-state index contributed by atoms with van der Waals surface area (Å²) in [4.78, 5) is 23.0. The highest BCUT2D eigenvalue weighted by molar-refractivity contribution is 7.92. The van der Waals surface area contributed by atoms with E-state index in [1.807, 2.05) is 0 Å². The van der Waals surface area contributed by atoms with E-state index in [-0.39, 0.29) is 34.0 Å². The van der Waals surface area contributed by atoms with Crippen molar-refractivity contribution in [3.8, 4) is 5.75 Å². The first-order valence-corrected chi connectivity index (χ1v) is 11.4. The fourth-order valence-corrected chi connectivity index (χ4v) is 4.67. The van der Waals surface area contributed by atoms with Crippen LogP contribution in [0.3, 0.4) is 0 Å². The molecule has 0 unspecified atom stereocenters. The molecule has 0 bridgehead atoms. The Morgan fingerprint density at radius 2 is 1.84 bits per heavy atom. The van der Waals surface area contributed by atoms with Gasteiger partial charge in [0.05, 0.1) is 17.1 Å². The van der Waals surface area contributed by atoms with Crippen molar-refractivity contribution >= 4 is 33.3 Å². The zero-order valence-electron chi connectivity index (χ0n) is 17.3. The molecule has 0 amide bonds. The van der Waals surface area contributed by atoms with Gasteiger partial charge in [0.15, 0.2) is 6.61 Å². The molecular weight excluding hydrogens is 456 g/mol. The second kappa shape index (κ2) is 9.46. The molecule has 1 heterocycles. The minimum absolute atomic E-state index is 0.0626. The van der Waals surface area contributed by atoms with Crippen LogP contribution in [0.15, 0.2) is 64.4 Å². The number of nitrogens with one attached hydrogen (secondary N) is 1. The summed E-state index contributed by atoms with van der Waals surface area (Å²) >= 11 is 6.17. The normalized spacial score (nSPS) is 11.2. The van der Waals surface area contributed by atoms with Crippen molar-refractivity contribution in [1.29, 1.82) is 0 Å². The first-order chi connectivity index (χ1) is 15.1. The molecule has 168 valence electrons. The lowest BCUT2D eigenvalue weighted by atomic mass is 10.1. The van der Waals surface area contributed by atoms with E-state index in [0.29, 0.717) is 16.1 Å². The van der Waals surface area contributed by atoms with Crippen molar-refractivity contribution in [2.75, 3.05) is 11.3 Å². The predicted octanol–water partition coefficient (Wildman–Crippen LogP) is 3.43. The van der Waals surface area contributed by atoms with Gasteiger partial charge in [0.2, 0.25) is 0 Å². The van der Waals surface area contributed by atoms with Crippen molar-refractivity contribution in [3.63, 3.8) is 0 Å². The van der Waals surface area contributed by atoms with Crippen LogP contribution in [-0.2, 0) is 21.4 Å². The lowest BCUT2D eigenvalue weighted by molar-refractivity contribution is -0.139. The van der Waals surface area contributed by atoms with Gasteiger partial charge in [0, 0.05) is 22.8 Å². The number of carboxylic acid groups (broad SMARTS) is 1. The minimum Gasteiger partial charge on any atom is -0.481 e. The van der Waals surface area contributed by atoms with Gasteiger partial charge in [-0.25, -0.2) is 13.2 Å². The number of ether oxygens (including phenoxy) is 1. The first-order valence-electron chi connectivity index (χ1n) is 9.50. The molecule has 0 spiro atoms. The van der Waals surface area contributed by atoms with Crippen molar-refractivity contribution in [2.24, 2.45) is 0 Å². The van der Waals surface area contributed by atoms with Crippen molar-refractivity contribution in [1.82, 2.24) is 4.57 Å². The van der Waals surface area contributed by atoms with Crippen molar-refractivity contribution < 1.29 is 23.1 Å². The molecule has 0 aliphatic rings. The van der Waals surface area contributed by atoms with Gasteiger partial charge >= 0.3 is 5.97 Å². The van der Waals surface area contributed by atoms with Gasteiger partial charge in [0.25, 0.3) is 15.6 Å². The van der Waals surface area contributed by atoms with E-state index in [1.54, 1.807) is 31.2 Å². The topological polar surface area (TPSA) is 115 Å². The van der Waals surface area contributed by atoms with Gasteiger partial charge in [-0.15, -0.1) is 0 Å². The number of aryl methyl sites for hydroxylation is 1. The van der Waals surface area contributed by atoms with E-state index in [0.717, 1.165) is 0 Å². The largest absolute Gasteiger partial charge is 0.481 e. The number of pyridine rings is 1. The van der Waals surface area contributed by atoms with Crippen LogP contribution in [0.1, 0.15) is 16.7 Å². The second-order valence-corrected chi connectivity index (χ2v) is 9.16. The molecule has 8 nitrogen and oxygen atoms in total. The maximum atomic E-state index is 13.0. The Balaban J connectivity index is 1.92. The Bertz CT molecular complexity index is 1330. The number of aromatic nitrogens is 1. The summed E-state index contributed by atoms with van der Waals surface area (Å²) in [5, 5.41) is 9.36. The molecule has 0 aliphatic heterocycles. The van der Waals surface area contributed by atoms with E-state index in [4.69, 9.17) is 21.4 Å². The average molecular weight is 477 g/mol. The molecule has 2 aromatic carbocycles. The van der Waals surface area contributed by atoms with Crippen LogP contribution in [0.4, 0.5) is 5.69 Å². The van der Waals surface area contributed by atoms with E-state index < -0.39 is 22.6 Å². The number of rotatable bonds is 8. The third kappa shape index (κ3) is 5.30. The molecule has 3 rings (SSSR count). The third-order valence-corrected chi connectivity index (χ3v) is 6.61. The number of sulfonamides is 1. The number of carboxylic acids is 1. The number of benzene rings is 2. The lowest BCUT2D eigenvalue weighted by Gasteiger charge is -2.16. The number of carbonyl (C=O) groups is 1. The molecular formula is C22H21ClN2O6S. The SMILES string of the molecule is Cc1ccc(S(=O)(=O)Nc2ccc(=O)n(Cc3ccccc3Cl)c2)c(C)c1OCC(=O)O. The molecule has 3 aromatic rings. The molecule has 10 heteroatoms. The summed E-state index contributed by atoms with van der Waals surface area (Å²) in [5.74, 6) is -0.977. The van der Waals surface area contributed by atoms with Crippen molar-refractivity contribution in [3.05, 3.63) is 86.8 Å². The maximum Gasteiger partial charge on any atom is 0.341 e. The summed E-state index contributed by atoms with van der Waals surface area (Å²) in [6.07, 6.45) is 1.40. The average Bonchev–Trinajstić information content (AvgIpc) is 2.71. The molecule has 0 radical (unpaired) electrons. The molecule has 0 saturated carbocycles. The van der Waals surface area contributed by atoms with Gasteiger partial charge in [-0.1, -0.05) is 35.9 Å². The highest BCUT2D eigenvalue weighted by Crippen LogP contribution is 2.30. The Hall–Kier alpha value is -3.30. The quantitative estimate of drug-likeness (QED) is 0.514. The van der Waals surface area contributed by atoms with E-state index >= 15 is 0 Å². The van der Waals surface area contributed by atoms with Gasteiger partial charge in [-0.3, -0.25) is 9.52 Å². The molecule has 0 aliphatic carbocycles. The maximum absolute atomic E-state index is 13.0. The molecule has 0 fully saturated rings. The van der Waals surface area contributed by atoms with E-state index in [2.05, 4.69) is 4.72 Å². The number of nitrogens with zero attached hydrogens (tertiary/aromatic N) is 1. The molecule has 0 atom stereocenters. The lowest BCUT2D eigenvalue weighted by Crippen LogP contribution is -2.22. The molecule has 2 N–H and O–H groups in total. The standard InChI is InChI=1S/C22H21ClN2O6S/c1-14-7-9-19(15(2)22(14)31-13-21(27)28)32(29,30)24-17-8-10-20(26)25(12-17)11-16-5-3-4-6-18(16)23/h3-10,12,24H,11,13H2,1-2H3,(H,27,28). The van der Waals surface area contributed by atoms with Crippen LogP contribution in [0, 0.1) is 13.8 Å². The molecule has 32 heavy (non-hydrogen) atoms. The summed E-state index contributed by atoms with van der Waals surface area (Å²) in [5.41, 5.74) is 1.47. The summed E-state index contributed by atoms with van der Waals surface area (Å²) in [6.45, 7) is 2.81. The number of halogens is 1. The van der Waals surface area contributed by atoms with Crippen LogP contribution in [0.5, 0.6) is 5.75 Å². The third-order valence-electron chi connectivity index (χ3n) is 4.72. The van der Waals surface area contributed by atoms with Crippen LogP contribution < -0.4 is 15.0 Å². The first kappa shape index (κ1) is 23.4. The van der Waals surface area contributed by atoms with Gasteiger partial charge < -0.3 is 14.4 Å². The highest BCUT2D eigenvalue weighted by atomic mass is 35.5. The van der Waals surface area contributed by atoms with E-state index in [9.17, 15) is 18.0 Å². The van der Waals surface area contributed by atoms with Gasteiger partial charge in [0.1, 0.15) is 5.75 Å². The predicted molar refractivity (Wildman–Crippen MR) is 121 cm³/mol. The summed E-state index contributed by atoms with van der Waals surface area (Å²) in [7, 11) is -4.05. The number of hydrogen-bond donors (Lipinski definition) is 2. The summed E-state index contributed by atoms with van der Waals surface area (Å²) < 4.78 is 35.2. The molecule has 0 saturated heterocycles. The fourth-order valence-electron chi connectivity index (χ4n) is 3.19. The minimum atomic E-state index is -4.05. The summed E-state index contributed by atoms with van der Waals surface area (Å²) in [6, 6.07) is 12.6. The Kier molecular flexibility index (Phi) is 6.90. The smallest absolute Gasteiger partial charge is 0.341 e. The van der Waals surface area contributed by atoms with Crippen LogP contribution >= 0.6 is 11.6 Å². The van der Waals surface area contributed by atoms with Crippen LogP contribution in [-0.4, -0.2) is 30.7 Å². The fraction of sp³-hybridized carbons (Fsp3) is 0.182. The Morgan fingerprint density at radius 3 is 2.53 bits per heavy atom. The number of anilines is 1. The van der Waals surface area contributed by atoms with Crippen LogP contribution in [0.2, 0.25) is 5.02 Å². The van der Waals surface area contributed by atoms with Gasteiger partial charge in [-0.05, 0) is 43.2 Å². The Morgan fingerprint density at radius 1 is 1.12 bits per heavy atom. The van der Waals surface area contributed by atoms with Crippen LogP contribution in [0.25, 0.3) is 0 Å². The second-order valence-electron chi connectivity index (χ2n) is 7.10. The monoisotopic (exact) mass is 476 g/mol. The van der Waals surface area contributed by atoms with E-state index in [1.165, 1.54) is 42.0 Å². The zero-order valence-corrected chi connectivity index (χ0v) is 18.9. The van der Waals surface area contributed by atoms with Gasteiger partial charge in [-0.2, -0.15) is 0 Å². The highest BCUT2D eigenvalue weighted by Gasteiger charge is 2.21. The number of hydrogen-bond acceptors (Lipinski definition) is 5.